The molecule has 0 bridgehead atoms. The van der Waals surface area contributed by atoms with Gasteiger partial charge in [-0.25, -0.2) is 9.59 Å². The van der Waals surface area contributed by atoms with Gasteiger partial charge in [-0.1, -0.05) is 19.8 Å². The van der Waals surface area contributed by atoms with Crippen molar-refractivity contribution in [2.24, 2.45) is 0 Å². The lowest BCUT2D eigenvalue weighted by Crippen LogP contribution is -2.25. The van der Waals surface area contributed by atoms with E-state index in [1.165, 1.54) is 4.90 Å². The number of esters is 1. The fraction of sp³-hybridized carbons (Fsp3) is 0.750. The topological polar surface area (TPSA) is 46.6 Å². The highest BCUT2D eigenvalue weighted by molar-refractivity contribution is 5.92. The summed E-state index contributed by atoms with van der Waals surface area (Å²) in [7, 11) is 0. The maximum Gasteiger partial charge on any atom is 0.418 e. The fourth-order valence-electron chi connectivity index (χ4n) is 1.14. The van der Waals surface area contributed by atoms with Crippen LogP contribution in [0.15, 0.2) is 0 Å². The van der Waals surface area contributed by atoms with Crippen molar-refractivity contribution < 1.29 is 14.3 Å². The fourth-order valence-corrected chi connectivity index (χ4v) is 1.14. The maximum absolute atomic E-state index is 10.9. The smallest absolute Gasteiger partial charge is 0.375 e. The molecule has 0 spiro atoms. The van der Waals surface area contributed by atoms with Crippen molar-refractivity contribution in [2.75, 3.05) is 13.1 Å². The summed E-state index contributed by atoms with van der Waals surface area (Å²) < 4.78 is 4.35. The molecule has 1 amide bonds. The van der Waals surface area contributed by atoms with Crippen LogP contribution < -0.4 is 0 Å². The van der Waals surface area contributed by atoms with E-state index in [-0.39, 0.29) is 6.54 Å². The van der Waals surface area contributed by atoms with Gasteiger partial charge in [0.1, 0.15) is 6.54 Å². The molecule has 0 radical (unpaired) electrons. The average Bonchev–Trinajstić information content (AvgIpc) is 2.31. The van der Waals surface area contributed by atoms with Gasteiger partial charge in [0.2, 0.25) is 0 Å². The van der Waals surface area contributed by atoms with Gasteiger partial charge in [-0.2, -0.15) is 0 Å². The Kier molecular flexibility index (Phi) is 3.08. The Balaban J connectivity index is 2.24. The highest BCUT2D eigenvalue weighted by Crippen LogP contribution is 2.06. The van der Waals surface area contributed by atoms with Gasteiger partial charge in [0.05, 0.1) is 0 Å². The number of nitrogens with zero attached hydrogens (tertiary/aromatic N) is 1. The molecule has 4 nitrogen and oxygen atoms in total. The molecule has 1 fully saturated rings. The third kappa shape index (κ3) is 2.22. The highest BCUT2D eigenvalue weighted by atomic mass is 16.6. The minimum absolute atomic E-state index is 0.128. The quantitative estimate of drug-likeness (QED) is 0.362. The number of ether oxygens (including phenoxy) is 1. The van der Waals surface area contributed by atoms with Gasteiger partial charge < -0.3 is 4.74 Å². The van der Waals surface area contributed by atoms with Gasteiger partial charge in [0.25, 0.3) is 0 Å². The first-order chi connectivity index (χ1) is 5.74. The third-order valence-corrected chi connectivity index (χ3v) is 1.81. The zero-order valence-electron chi connectivity index (χ0n) is 7.21. The van der Waals surface area contributed by atoms with E-state index >= 15 is 0 Å². The van der Waals surface area contributed by atoms with E-state index in [2.05, 4.69) is 11.7 Å². The predicted molar refractivity (Wildman–Crippen MR) is 42.6 cm³/mol. The first kappa shape index (κ1) is 9.03. The molecular formula is C8H13NO3. The van der Waals surface area contributed by atoms with Crippen LogP contribution in [0, 0.1) is 0 Å². The second kappa shape index (κ2) is 4.09. The SMILES string of the molecule is CCCCCN1CC(=O)OC1=O. The molecule has 0 aliphatic carbocycles. The van der Waals surface area contributed by atoms with Gasteiger partial charge in [-0.15, -0.1) is 0 Å². The van der Waals surface area contributed by atoms with Crippen LogP contribution in [-0.4, -0.2) is 30.1 Å². The summed E-state index contributed by atoms with van der Waals surface area (Å²) in [5, 5.41) is 0. The first-order valence-corrected chi connectivity index (χ1v) is 4.23. The van der Waals surface area contributed by atoms with Crippen molar-refractivity contribution in [3.63, 3.8) is 0 Å². The van der Waals surface area contributed by atoms with Gasteiger partial charge in [-0.05, 0) is 6.42 Å². The summed E-state index contributed by atoms with van der Waals surface area (Å²) in [6, 6.07) is 0. The van der Waals surface area contributed by atoms with Crippen molar-refractivity contribution in [2.45, 2.75) is 26.2 Å². The lowest BCUT2D eigenvalue weighted by Gasteiger charge is -2.09. The standard InChI is InChI=1S/C8H13NO3/c1-2-3-4-5-9-6-7(10)12-8(9)11/h2-6H2,1H3. The zero-order chi connectivity index (χ0) is 8.97. The third-order valence-electron chi connectivity index (χ3n) is 1.81. The molecule has 1 aliphatic rings. The van der Waals surface area contributed by atoms with E-state index in [0.29, 0.717) is 6.54 Å². The van der Waals surface area contributed by atoms with Crippen molar-refractivity contribution in [1.29, 1.82) is 0 Å². The maximum atomic E-state index is 10.9. The van der Waals surface area contributed by atoms with E-state index in [4.69, 9.17) is 0 Å². The van der Waals surface area contributed by atoms with Crippen LogP contribution in [-0.2, 0) is 9.53 Å². The highest BCUT2D eigenvalue weighted by Gasteiger charge is 2.28. The van der Waals surface area contributed by atoms with Crippen LogP contribution in [0.1, 0.15) is 26.2 Å². The van der Waals surface area contributed by atoms with Crippen LogP contribution in [0.25, 0.3) is 0 Å². The average molecular weight is 171 g/mol. The molecule has 0 aromatic carbocycles. The van der Waals surface area contributed by atoms with Crippen LogP contribution in [0.2, 0.25) is 0 Å². The molecular weight excluding hydrogens is 158 g/mol. The van der Waals surface area contributed by atoms with E-state index in [1.54, 1.807) is 0 Å². The molecule has 12 heavy (non-hydrogen) atoms. The molecule has 68 valence electrons. The summed E-state index contributed by atoms with van der Waals surface area (Å²) >= 11 is 0. The number of hydrogen-bond donors (Lipinski definition) is 0. The molecule has 1 heterocycles. The molecule has 0 saturated carbocycles. The largest absolute Gasteiger partial charge is 0.418 e. The number of amides is 1. The lowest BCUT2D eigenvalue weighted by atomic mass is 10.2. The summed E-state index contributed by atoms with van der Waals surface area (Å²) in [4.78, 5) is 22.9. The van der Waals surface area contributed by atoms with Crippen LogP contribution in [0.5, 0.6) is 0 Å². The summed E-state index contributed by atoms with van der Waals surface area (Å²) in [5.41, 5.74) is 0. The minimum atomic E-state index is -0.490. The number of hydrogen-bond acceptors (Lipinski definition) is 3. The first-order valence-electron chi connectivity index (χ1n) is 4.23. The van der Waals surface area contributed by atoms with Gasteiger partial charge >= 0.3 is 12.1 Å². The van der Waals surface area contributed by atoms with Crippen molar-refractivity contribution in [1.82, 2.24) is 4.90 Å². The minimum Gasteiger partial charge on any atom is -0.375 e. The van der Waals surface area contributed by atoms with E-state index in [9.17, 15) is 9.59 Å². The Bertz CT molecular complexity index is 191. The summed E-state index contributed by atoms with van der Waals surface area (Å²) in [5.74, 6) is -0.434. The molecule has 1 rings (SSSR count). The van der Waals surface area contributed by atoms with Crippen LogP contribution in [0.3, 0.4) is 0 Å². The zero-order valence-corrected chi connectivity index (χ0v) is 7.21. The Morgan fingerprint density at radius 3 is 2.67 bits per heavy atom. The van der Waals surface area contributed by atoms with Gasteiger partial charge in [-0.3, -0.25) is 4.90 Å². The number of unbranched alkanes of at least 4 members (excludes halogenated alkanes) is 2. The molecule has 0 N–H and O–H groups in total. The molecule has 1 aliphatic heterocycles. The Morgan fingerprint density at radius 1 is 1.42 bits per heavy atom. The van der Waals surface area contributed by atoms with Crippen molar-refractivity contribution in [3.05, 3.63) is 0 Å². The van der Waals surface area contributed by atoms with E-state index in [0.717, 1.165) is 19.3 Å². The molecule has 0 aromatic heterocycles. The Morgan fingerprint density at radius 2 is 2.17 bits per heavy atom. The predicted octanol–water partition coefficient (Wildman–Crippen LogP) is 1.16. The monoisotopic (exact) mass is 171 g/mol. The Hall–Kier alpha value is -1.06. The van der Waals surface area contributed by atoms with Crippen LogP contribution >= 0.6 is 0 Å². The number of rotatable bonds is 4. The normalized spacial score (nSPS) is 16.9. The molecule has 1 saturated heterocycles. The van der Waals surface area contributed by atoms with Crippen LogP contribution in [0.4, 0.5) is 4.79 Å². The number of carbonyl (C=O) groups excluding carboxylic acids is 2. The second-order valence-corrected chi connectivity index (χ2v) is 2.87. The van der Waals surface area contributed by atoms with E-state index < -0.39 is 12.1 Å². The Labute approximate surface area is 71.5 Å². The lowest BCUT2D eigenvalue weighted by molar-refractivity contribution is -0.132. The summed E-state index contributed by atoms with van der Waals surface area (Å²) in [6.45, 7) is 2.86. The van der Waals surface area contributed by atoms with E-state index in [1.807, 2.05) is 0 Å². The number of cyclic esters (lactones) is 2. The molecule has 0 unspecified atom stereocenters. The second-order valence-electron chi connectivity index (χ2n) is 2.87. The molecule has 0 aromatic rings. The molecule has 4 heteroatoms. The van der Waals surface area contributed by atoms with Gasteiger partial charge in [0, 0.05) is 6.54 Å². The summed E-state index contributed by atoms with van der Waals surface area (Å²) in [6.07, 6.45) is 2.64. The van der Waals surface area contributed by atoms with Crippen molar-refractivity contribution >= 4 is 12.1 Å². The van der Waals surface area contributed by atoms with Gasteiger partial charge in [0.15, 0.2) is 0 Å². The molecule has 0 atom stereocenters. The van der Waals surface area contributed by atoms with Crippen molar-refractivity contribution in [3.8, 4) is 0 Å². The number of carbonyl (C=O) groups is 2.